The van der Waals surface area contributed by atoms with E-state index >= 15 is 0 Å². The second kappa shape index (κ2) is 13.9. The number of β-lactam (4-membered cyclic amide) rings is 1. The largest absolute Gasteiger partial charge is 0.477 e. The lowest BCUT2D eigenvalue weighted by Crippen LogP contribution is -2.71. The highest BCUT2D eigenvalue weighted by Gasteiger charge is 2.55. The van der Waals surface area contributed by atoms with E-state index in [2.05, 4.69) is 52.2 Å². The van der Waals surface area contributed by atoms with Gasteiger partial charge in [0.2, 0.25) is 0 Å². The lowest BCUT2D eigenvalue weighted by Gasteiger charge is -2.50. The Labute approximate surface area is 291 Å². The fraction of sp³-hybridized carbons (Fsp3) is 0.250. The van der Waals surface area contributed by atoms with Gasteiger partial charge in [0.15, 0.2) is 10.8 Å². The van der Waals surface area contributed by atoms with Crippen LogP contribution < -0.4 is 10.6 Å². The van der Waals surface area contributed by atoms with Crippen molar-refractivity contribution in [1.82, 2.24) is 15.2 Å². The number of aromatic nitrogens is 1. The summed E-state index contributed by atoms with van der Waals surface area (Å²) in [5.74, 6) is -1.92. The molecule has 4 heterocycles. The van der Waals surface area contributed by atoms with Crippen LogP contribution in [0.5, 0.6) is 0 Å². The van der Waals surface area contributed by atoms with Crippen molar-refractivity contribution in [2.24, 2.45) is 11.1 Å². The van der Waals surface area contributed by atoms with Crippen LogP contribution in [-0.2, 0) is 29.5 Å². The van der Waals surface area contributed by atoms with Gasteiger partial charge in [-0.25, -0.2) is 9.78 Å². The number of carboxylic acids is 1. The summed E-state index contributed by atoms with van der Waals surface area (Å²) in [5, 5.41) is 22.2. The first-order chi connectivity index (χ1) is 23.9. The maximum atomic E-state index is 13.7. The number of nitrogens with zero attached hydrogens (tertiary/aromatic N) is 3. The molecular formula is C36H33N5O6S2. The van der Waals surface area contributed by atoms with E-state index in [-0.39, 0.29) is 23.0 Å². The molecule has 1 unspecified atom stereocenters. The minimum Gasteiger partial charge on any atom is -0.477 e. The van der Waals surface area contributed by atoms with Crippen LogP contribution in [0.15, 0.2) is 113 Å². The van der Waals surface area contributed by atoms with Gasteiger partial charge in [0.1, 0.15) is 35.5 Å². The number of hydrogen-bond acceptors (Lipinski definition) is 10. The highest BCUT2D eigenvalue weighted by atomic mass is 32.2. The quantitative estimate of drug-likeness (QED) is 0.0883. The summed E-state index contributed by atoms with van der Waals surface area (Å²) in [6.45, 7) is 0.993. The molecular weight excluding hydrogens is 663 g/mol. The Morgan fingerprint density at radius 3 is 2.14 bits per heavy atom. The molecule has 2 fully saturated rings. The molecule has 3 aromatic carbocycles. The van der Waals surface area contributed by atoms with E-state index in [0.717, 1.165) is 16.7 Å². The molecule has 49 heavy (non-hydrogen) atoms. The molecule has 1 aromatic heterocycles. The van der Waals surface area contributed by atoms with Crippen LogP contribution in [0, 0.1) is 5.92 Å². The van der Waals surface area contributed by atoms with Gasteiger partial charge in [0.25, 0.3) is 11.8 Å². The Morgan fingerprint density at radius 2 is 1.61 bits per heavy atom. The van der Waals surface area contributed by atoms with Gasteiger partial charge in [-0.15, -0.1) is 23.1 Å². The number of thiazole rings is 1. The van der Waals surface area contributed by atoms with Crippen molar-refractivity contribution >= 4 is 51.7 Å². The summed E-state index contributed by atoms with van der Waals surface area (Å²) in [6.07, 6.45) is 0.712. The van der Waals surface area contributed by atoms with Crippen LogP contribution in [0.2, 0.25) is 0 Å². The molecule has 250 valence electrons. The van der Waals surface area contributed by atoms with Crippen molar-refractivity contribution in [3.63, 3.8) is 0 Å². The molecule has 0 aliphatic carbocycles. The van der Waals surface area contributed by atoms with Gasteiger partial charge < -0.3 is 25.3 Å². The van der Waals surface area contributed by atoms with Gasteiger partial charge >= 0.3 is 5.97 Å². The van der Waals surface area contributed by atoms with E-state index in [4.69, 9.17) is 14.6 Å². The number of carbonyl (C=O) groups excluding carboxylic acids is 2. The normalized spacial score (nSPS) is 20.8. The van der Waals surface area contributed by atoms with Crippen molar-refractivity contribution in [2.45, 2.75) is 23.4 Å². The molecule has 2 saturated heterocycles. The minimum atomic E-state index is -1.16. The second-order valence-corrected chi connectivity index (χ2v) is 13.7. The Morgan fingerprint density at radius 1 is 1.00 bits per heavy atom. The number of oxime groups is 1. The fourth-order valence-corrected chi connectivity index (χ4v) is 8.86. The maximum absolute atomic E-state index is 13.7. The molecule has 7 rings (SSSR count). The van der Waals surface area contributed by atoms with Crippen LogP contribution in [0.3, 0.4) is 0 Å². The standard InChI is InChI=1S/C36H33N5O6S2/c1-46-40-28(31(42)38-29-32(43)41-30(34(44)45)26(20-48-33(29)41)22-17-18-47-19-22)27-21-49-35(37-27)39-36(23-11-5-2-6-12-23,24-13-7-3-8-14-24)25-15-9-4-10-16-25/h2-16,21-22,29,33H,17-20H2,1H3,(H,37,39)(H,38,42)(H,44,45)/b40-28+/t22?,29-,33-/m1/s1. The molecule has 13 heteroatoms. The average Bonchev–Trinajstić information content (AvgIpc) is 3.85. The first-order valence-electron chi connectivity index (χ1n) is 15.7. The van der Waals surface area contributed by atoms with E-state index in [9.17, 15) is 19.5 Å². The first kappa shape index (κ1) is 32.6. The fourth-order valence-electron chi connectivity index (χ4n) is 6.65. The number of ether oxygens (including phenoxy) is 1. The number of thioether (sulfide) groups is 1. The molecule has 3 aliphatic heterocycles. The number of benzene rings is 3. The van der Waals surface area contributed by atoms with Crippen LogP contribution >= 0.6 is 23.1 Å². The number of rotatable bonds is 11. The van der Waals surface area contributed by atoms with Crippen LogP contribution in [-0.4, -0.2) is 76.0 Å². The number of anilines is 1. The molecule has 3 N–H and O–H groups in total. The molecule has 0 radical (unpaired) electrons. The molecule has 3 atom stereocenters. The van der Waals surface area contributed by atoms with Gasteiger partial charge in [-0.2, -0.15) is 0 Å². The number of nitrogens with one attached hydrogen (secondary N) is 2. The average molecular weight is 696 g/mol. The number of carboxylic acid groups (broad SMARTS) is 1. The van der Waals surface area contributed by atoms with E-state index in [1.165, 1.54) is 35.1 Å². The molecule has 0 spiro atoms. The van der Waals surface area contributed by atoms with E-state index in [0.29, 0.717) is 36.1 Å². The summed E-state index contributed by atoms with van der Waals surface area (Å²) < 4.78 is 5.47. The van der Waals surface area contributed by atoms with Crippen LogP contribution in [0.1, 0.15) is 28.8 Å². The zero-order valence-electron chi connectivity index (χ0n) is 26.4. The van der Waals surface area contributed by atoms with Crippen LogP contribution in [0.4, 0.5) is 5.13 Å². The molecule has 11 nitrogen and oxygen atoms in total. The third kappa shape index (κ3) is 5.98. The zero-order valence-corrected chi connectivity index (χ0v) is 28.1. The van der Waals surface area contributed by atoms with Gasteiger partial charge in [-0.3, -0.25) is 14.5 Å². The van der Waals surface area contributed by atoms with E-state index in [1.54, 1.807) is 5.38 Å². The summed E-state index contributed by atoms with van der Waals surface area (Å²) in [4.78, 5) is 50.5. The van der Waals surface area contributed by atoms with Gasteiger partial charge in [-0.1, -0.05) is 96.2 Å². The molecule has 3 aliphatic rings. The lowest BCUT2D eigenvalue weighted by molar-refractivity contribution is -0.150. The minimum absolute atomic E-state index is 0.00511. The smallest absolute Gasteiger partial charge is 0.352 e. The topological polar surface area (TPSA) is 142 Å². The number of hydrogen-bond donors (Lipinski definition) is 3. The summed E-state index contributed by atoms with van der Waals surface area (Å²) in [5.41, 5.74) is 2.97. The van der Waals surface area contributed by atoms with Gasteiger partial charge in [-0.05, 0) is 28.7 Å². The van der Waals surface area contributed by atoms with Crippen LogP contribution in [0.25, 0.3) is 0 Å². The molecule has 2 amide bonds. The number of aliphatic carboxylic acids is 1. The van der Waals surface area contributed by atoms with Crippen molar-refractivity contribution in [3.8, 4) is 0 Å². The van der Waals surface area contributed by atoms with Crippen molar-refractivity contribution in [1.29, 1.82) is 0 Å². The second-order valence-electron chi connectivity index (χ2n) is 11.7. The third-order valence-corrected chi connectivity index (χ3v) is 11.0. The Balaban J connectivity index is 1.16. The van der Waals surface area contributed by atoms with Crippen molar-refractivity contribution < 1.29 is 29.1 Å². The maximum Gasteiger partial charge on any atom is 0.352 e. The van der Waals surface area contributed by atoms with E-state index < -0.39 is 34.7 Å². The molecule has 0 saturated carbocycles. The molecule has 4 aromatic rings. The van der Waals surface area contributed by atoms with Gasteiger partial charge in [0, 0.05) is 23.7 Å². The third-order valence-electron chi connectivity index (χ3n) is 8.97. The Hall–Kier alpha value is -4.98. The summed E-state index contributed by atoms with van der Waals surface area (Å²) in [6, 6.07) is 29.3. The summed E-state index contributed by atoms with van der Waals surface area (Å²) >= 11 is 2.73. The number of fused-ring (bicyclic) bond motifs is 1. The van der Waals surface area contributed by atoms with Gasteiger partial charge in [0.05, 0.1) is 6.61 Å². The molecule has 0 bridgehead atoms. The Kier molecular flexibility index (Phi) is 9.21. The predicted octanol–water partition coefficient (Wildman–Crippen LogP) is 4.67. The first-order valence-corrected chi connectivity index (χ1v) is 17.7. The lowest BCUT2D eigenvalue weighted by atomic mass is 9.77. The van der Waals surface area contributed by atoms with Crippen molar-refractivity contribution in [3.05, 3.63) is 130 Å². The SMILES string of the molecule is CO/N=C(/C(=O)N[C@@H]1C(=O)N2C(C(=O)O)=C(C3CCOC3)CS[C@H]12)c1csc(NC(c2ccccc2)(c2ccccc2)c2ccccc2)n1. The monoisotopic (exact) mass is 695 g/mol. The number of amides is 2. The highest BCUT2D eigenvalue weighted by molar-refractivity contribution is 8.00. The Bertz CT molecular complexity index is 1810. The number of carbonyl (C=O) groups is 3. The predicted molar refractivity (Wildman–Crippen MR) is 187 cm³/mol. The zero-order chi connectivity index (χ0) is 34.0. The summed E-state index contributed by atoms with van der Waals surface area (Å²) in [7, 11) is 1.33. The highest BCUT2D eigenvalue weighted by Crippen LogP contribution is 2.44. The van der Waals surface area contributed by atoms with Crippen molar-refractivity contribution in [2.75, 3.05) is 31.4 Å². The van der Waals surface area contributed by atoms with E-state index in [1.807, 2.05) is 54.6 Å².